The zero-order chi connectivity index (χ0) is 20.7. The van der Waals surface area contributed by atoms with Gasteiger partial charge in [-0.2, -0.15) is 0 Å². The van der Waals surface area contributed by atoms with E-state index in [1.807, 2.05) is 13.8 Å². The number of rotatable bonds is 4. The lowest BCUT2D eigenvalue weighted by Gasteiger charge is -2.48. The Morgan fingerprint density at radius 1 is 1.18 bits per heavy atom. The maximum Gasteiger partial charge on any atom is 0.239 e. The van der Waals surface area contributed by atoms with E-state index in [1.165, 1.54) is 5.57 Å². The predicted octanol–water partition coefficient (Wildman–Crippen LogP) is 5.81. The minimum atomic E-state index is -2.25. The maximum absolute atomic E-state index is 13.2. The Bertz CT molecular complexity index is 648. The molecule has 0 amide bonds. The first-order valence-electron chi connectivity index (χ1n) is 10.8. The Balaban J connectivity index is 1.80. The molecule has 158 valence electrons. The summed E-state index contributed by atoms with van der Waals surface area (Å²) in [5.74, 6) is 0.769. The van der Waals surface area contributed by atoms with E-state index >= 15 is 0 Å². The largest absolute Gasteiger partial charge is 0.388 e. The van der Waals surface area contributed by atoms with Crippen molar-refractivity contribution < 1.29 is 19.0 Å². The summed E-state index contributed by atoms with van der Waals surface area (Å²) in [5, 5.41) is 20.1. The molecular weight excluding hydrogens is 358 g/mol. The van der Waals surface area contributed by atoms with Crippen LogP contribution in [0.25, 0.3) is 0 Å². The molecule has 2 nitrogen and oxygen atoms in total. The van der Waals surface area contributed by atoms with Crippen LogP contribution in [0.1, 0.15) is 72.1 Å². The first kappa shape index (κ1) is 21.7. The maximum atomic E-state index is 13.2. The zero-order valence-corrected chi connectivity index (χ0v) is 17.6. The molecule has 0 aromatic rings. The van der Waals surface area contributed by atoms with Crippen molar-refractivity contribution in [3.63, 3.8) is 0 Å². The molecule has 0 aliphatic heterocycles. The highest BCUT2D eigenvalue weighted by Gasteiger charge is 2.54. The normalized spacial score (nSPS) is 38.2. The van der Waals surface area contributed by atoms with E-state index in [9.17, 15) is 19.0 Å². The quantitative estimate of drug-likeness (QED) is 0.591. The molecule has 0 aromatic heterocycles. The summed E-state index contributed by atoms with van der Waals surface area (Å²) in [6, 6.07) is 0. The summed E-state index contributed by atoms with van der Waals surface area (Å²) in [6.07, 6.45) is 7.10. The number of aliphatic hydroxyl groups is 2. The molecule has 0 aromatic carbocycles. The van der Waals surface area contributed by atoms with Gasteiger partial charge in [0, 0.05) is 6.42 Å². The van der Waals surface area contributed by atoms with Gasteiger partial charge >= 0.3 is 0 Å². The molecule has 5 atom stereocenters. The lowest BCUT2D eigenvalue weighted by molar-refractivity contribution is -0.00123. The monoisotopic (exact) mass is 394 g/mol. The summed E-state index contributed by atoms with van der Waals surface area (Å²) in [4.78, 5) is 0. The zero-order valence-electron chi connectivity index (χ0n) is 17.6. The van der Waals surface area contributed by atoms with Crippen LogP contribution in [0.15, 0.2) is 35.5 Å². The molecule has 3 fully saturated rings. The van der Waals surface area contributed by atoms with Crippen molar-refractivity contribution in [3.8, 4) is 0 Å². The number of hydrogen-bond acceptors (Lipinski definition) is 2. The highest BCUT2D eigenvalue weighted by Crippen LogP contribution is 2.62. The van der Waals surface area contributed by atoms with Crippen molar-refractivity contribution in [2.75, 3.05) is 0 Å². The van der Waals surface area contributed by atoms with Crippen LogP contribution in [-0.2, 0) is 0 Å². The molecule has 3 aliphatic carbocycles. The van der Waals surface area contributed by atoms with Gasteiger partial charge in [0.15, 0.2) is 0 Å². The molecule has 4 heteroatoms. The average Bonchev–Trinajstić information content (AvgIpc) is 2.95. The number of allylic oxidation sites excluding steroid dienone is 3. The Hall–Kier alpha value is -1.00. The van der Waals surface area contributed by atoms with Crippen LogP contribution >= 0.6 is 0 Å². The molecule has 0 bridgehead atoms. The van der Waals surface area contributed by atoms with Crippen molar-refractivity contribution in [1.82, 2.24) is 0 Å². The van der Waals surface area contributed by atoms with Gasteiger partial charge in [-0.05, 0) is 73.2 Å². The van der Waals surface area contributed by atoms with Crippen LogP contribution in [-0.4, -0.2) is 28.8 Å². The van der Waals surface area contributed by atoms with Crippen molar-refractivity contribution >= 4 is 0 Å². The Labute approximate surface area is 168 Å². The highest BCUT2D eigenvalue weighted by atomic mass is 19.3. The van der Waals surface area contributed by atoms with Crippen LogP contribution in [0.4, 0.5) is 8.78 Å². The Kier molecular flexibility index (Phi) is 6.22. The lowest BCUT2D eigenvalue weighted by Crippen LogP contribution is -2.40. The van der Waals surface area contributed by atoms with Gasteiger partial charge in [0.2, 0.25) is 6.43 Å². The minimum Gasteiger partial charge on any atom is -0.388 e. The second-order valence-corrected chi connectivity index (χ2v) is 10.2. The first-order valence-corrected chi connectivity index (χ1v) is 10.8. The molecule has 2 N–H and O–H groups in total. The number of halogens is 2. The number of hydrogen-bond donors (Lipinski definition) is 2. The summed E-state index contributed by atoms with van der Waals surface area (Å²) in [5.41, 5.74) is 2.72. The van der Waals surface area contributed by atoms with Gasteiger partial charge in [-0.15, -0.1) is 0 Å². The SMILES string of the molecule is C=C1[C@H](O)CC(=C/C=C2\CCCC3(C)[C@@H](C(C)(C)CC(F)F)CC[C@@H]23)C[C@H]1O. The van der Waals surface area contributed by atoms with Gasteiger partial charge in [0.1, 0.15) is 0 Å². The van der Waals surface area contributed by atoms with Gasteiger partial charge in [-0.25, -0.2) is 8.78 Å². The third kappa shape index (κ3) is 4.14. The molecule has 0 heterocycles. The molecule has 0 spiro atoms. The molecule has 0 saturated heterocycles. The van der Waals surface area contributed by atoms with Crippen molar-refractivity contribution in [1.29, 1.82) is 0 Å². The van der Waals surface area contributed by atoms with Gasteiger partial charge < -0.3 is 10.2 Å². The Morgan fingerprint density at radius 3 is 2.43 bits per heavy atom. The molecule has 3 rings (SSSR count). The number of aliphatic hydroxyl groups excluding tert-OH is 2. The first-order chi connectivity index (χ1) is 13.0. The van der Waals surface area contributed by atoms with Crippen LogP contribution < -0.4 is 0 Å². The fourth-order valence-corrected chi connectivity index (χ4v) is 6.49. The van der Waals surface area contributed by atoms with E-state index in [-0.39, 0.29) is 17.3 Å². The van der Waals surface area contributed by atoms with Crippen LogP contribution in [0.3, 0.4) is 0 Å². The van der Waals surface area contributed by atoms with E-state index < -0.39 is 18.6 Å². The van der Waals surface area contributed by atoms with Gasteiger partial charge in [0.25, 0.3) is 0 Å². The van der Waals surface area contributed by atoms with Crippen molar-refractivity contribution in [2.45, 2.75) is 90.8 Å². The molecule has 28 heavy (non-hydrogen) atoms. The third-order valence-electron chi connectivity index (χ3n) is 7.89. The van der Waals surface area contributed by atoms with Crippen LogP contribution in [0.5, 0.6) is 0 Å². The van der Waals surface area contributed by atoms with Crippen LogP contribution in [0, 0.1) is 22.7 Å². The fourth-order valence-electron chi connectivity index (χ4n) is 6.49. The van der Waals surface area contributed by atoms with E-state index in [0.717, 1.165) is 37.7 Å². The van der Waals surface area contributed by atoms with Gasteiger partial charge in [-0.3, -0.25) is 0 Å². The highest BCUT2D eigenvalue weighted by molar-refractivity contribution is 5.29. The van der Waals surface area contributed by atoms with Crippen molar-refractivity contribution in [2.24, 2.45) is 22.7 Å². The fraction of sp³-hybridized carbons (Fsp3) is 0.750. The van der Waals surface area contributed by atoms with Gasteiger partial charge in [-0.1, -0.05) is 50.6 Å². The molecule has 1 unspecified atom stereocenters. The van der Waals surface area contributed by atoms with E-state index in [1.54, 1.807) is 0 Å². The molecule has 0 radical (unpaired) electrons. The molecular formula is C24H36F2O2. The lowest BCUT2D eigenvalue weighted by atomic mass is 9.57. The van der Waals surface area contributed by atoms with E-state index in [4.69, 9.17) is 0 Å². The van der Waals surface area contributed by atoms with Crippen molar-refractivity contribution in [3.05, 3.63) is 35.5 Å². The standard InChI is InChI=1S/C24H36F2O2/c1-15-19(27)12-16(13-20(15)28)7-8-17-6-5-11-24(4)18(17)9-10-21(24)23(2,3)14-22(25)26/h7-8,18-22,27-28H,1,5-6,9-14H2,2-4H3/b17-8+/t18-,19+,20+,21+,24?/m0/s1. The Morgan fingerprint density at radius 2 is 1.82 bits per heavy atom. The second kappa shape index (κ2) is 8.02. The van der Waals surface area contributed by atoms with E-state index in [0.29, 0.717) is 30.3 Å². The van der Waals surface area contributed by atoms with E-state index in [2.05, 4.69) is 25.7 Å². The second-order valence-electron chi connectivity index (χ2n) is 10.2. The summed E-state index contributed by atoms with van der Waals surface area (Å²) < 4.78 is 26.3. The van der Waals surface area contributed by atoms with Gasteiger partial charge in [0.05, 0.1) is 12.2 Å². The molecule has 3 aliphatic rings. The summed E-state index contributed by atoms with van der Waals surface area (Å²) in [7, 11) is 0. The van der Waals surface area contributed by atoms with Crippen LogP contribution in [0.2, 0.25) is 0 Å². The average molecular weight is 395 g/mol. The smallest absolute Gasteiger partial charge is 0.239 e. The summed E-state index contributed by atoms with van der Waals surface area (Å²) in [6.45, 7) is 10.1. The third-order valence-corrected chi connectivity index (χ3v) is 7.89. The minimum absolute atomic E-state index is 0.0251. The predicted molar refractivity (Wildman–Crippen MR) is 109 cm³/mol. The number of fused-ring (bicyclic) bond motifs is 1. The topological polar surface area (TPSA) is 40.5 Å². The molecule has 3 saturated carbocycles. The summed E-state index contributed by atoms with van der Waals surface area (Å²) >= 11 is 0. The number of alkyl halides is 2.